The molecule has 1 heterocycles. The third kappa shape index (κ3) is 5.74. The number of carbonyl (C=O) groups is 1. The zero-order valence-corrected chi connectivity index (χ0v) is 16.4. The summed E-state index contributed by atoms with van der Waals surface area (Å²) in [6, 6.07) is 11.9. The van der Waals surface area contributed by atoms with Gasteiger partial charge >= 0.3 is 0 Å². The van der Waals surface area contributed by atoms with E-state index in [4.69, 9.17) is 4.74 Å². The van der Waals surface area contributed by atoms with Gasteiger partial charge in [-0.1, -0.05) is 18.2 Å². The van der Waals surface area contributed by atoms with Gasteiger partial charge in [-0.2, -0.15) is 0 Å². The first kappa shape index (κ1) is 20.7. The highest BCUT2D eigenvalue weighted by molar-refractivity contribution is 5.95. The van der Waals surface area contributed by atoms with E-state index in [2.05, 4.69) is 15.6 Å². The Balaban J connectivity index is 1.59. The molecule has 3 rings (SSSR count). The second-order valence-electron chi connectivity index (χ2n) is 6.85. The number of aliphatic imine (C=N–C) groups is 1. The molecule has 1 amide bonds. The number of hydrogen-bond donors (Lipinski definition) is 2. The van der Waals surface area contributed by atoms with E-state index >= 15 is 0 Å². The number of benzene rings is 2. The number of morpholine rings is 1. The number of carbonyl (C=O) groups excluding carboxylic acids is 1. The van der Waals surface area contributed by atoms with Gasteiger partial charge in [-0.05, 0) is 42.8 Å². The third-order valence-electron chi connectivity index (χ3n) is 4.53. The fourth-order valence-electron chi connectivity index (χ4n) is 3.25. The van der Waals surface area contributed by atoms with E-state index in [0.29, 0.717) is 24.7 Å². The Hall–Kier alpha value is -3.00. The monoisotopic (exact) mass is 402 g/mol. The van der Waals surface area contributed by atoms with Crippen molar-refractivity contribution < 1.29 is 18.3 Å². The van der Waals surface area contributed by atoms with Crippen LogP contribution >= 0.6 is 0 Å². The van der Waals surface area contributed by atoms with Crippen molar-refractivity contribution >= 4 is 17.6 Å². The summed E-state index contributed by atoms with van der Waals surface area (Å²) in [4.78, 5) is 18.4. The van der Waals surface area contributed by atoms with Crippen LogP contribution in [0, 0.1) is 11.6 Å². The quantitative estimate of drug-likeness (QED) is 0.610. The SMILES string of the molecule is CN=C(NCC(=O)Nc1cccc(F)c1)N1CC(C)OC(c2ccc(F)cc2)C1. The van der Waals surface area contributed by atoms with Gasteiger partial charge in [0.25, 0.3) is 0 Å². The summed E-state index contributed by atoms with van der Waals surface area (Å²) >= 11 is 0. The second kappa shape index (κ2) is 9.47. The molecule has 6 nitrogen and oxygen atoms in total. The summed E-state index contributed by atoms with van der Waals surface area (Å²) < 4.78 is 32.4. The molecule has 0 spiro atoms. The molecule has 0 aromatic heterocycles. The van der Waals surface area contributed by atoms with Crippen LogP contribution in [0.25, 0.3) is 0 Å². The maximum absolute atomic E-state index is 13.2. The maximum atomic E-state index is 13.2. The van der Waals surface area contributed by atoms with Gasteiger partial charge in [0.2, 0.25) is 5.91 Å². The maximum Gasteiger partial charge on any atom is 0.243 e. The molecule has 1 aliphatic heterocycles. The average Bonchev–Trinajstić information content (AvgIpc) is 2.68. The van der Waals surface area contributed by atoms with Crippen molar-refractivity contribution in [3.63, 3.8) is 0 Å². The Morgan fingerprint density at radius 3 is 2.62 bits per heavy atom. The number of guanidine groups is 1. The smallest absolute Gasteiger partial charge is 0.243 e. The van der Waals surface area contributed by atoms with Crippen LogP contribution in [0.2, 0.25) is 0 Å². The molecule has 0 aliphatic carbocycles. The number of ether oxygens (including phenoxy) is 1. The summed E-state index contributed by atoms with van der Waals surface area (Å²) in [6.45, 7) is 3.05. The predicted octanol–water partition coefficient (Wildman–Crippen LogP) is 2.94. The molecule has 8 heteroatoms. The van der Waals surface area contributed by atoms with Gasteiger partial charge in [-0.25, -0.2) is 8.78 Å². The molecule has 29 heavy (non-hydrogen) atoms. The zero-order chi connectivity index (χ0) is 20.8. The minimum atomic E-state index is -0.416. The van der Waals surface area contributed by atoms with Gasteiger partial charge < -0.3 is 20.3 Å². The number of rotatable bonds is 4. The summed E-state index contributed by atoms with van der Waals surface area (Å²) in [6.07, 6.45) is -0.308. The van der Waals surface area contributed by atoms with Gasteiger partial charge in [-0.3, -0.25) is 9.79 Å². The molecule has 2 N–H and O–H groups in total. The average molecular weight is 402 g/mol. The summed E-state index contributed by atoms with van der Waals surface area (Å²) in [7, 11) is 1.64. The minimum Gasteiger partial charge on any atom is -0.367 e. The highest BCUT2D eigenvalue weighted by Crippen LogP contribution is 2.25. The molecular weight excluding hydrogens is 378 g/mol. The number of nitrogens with one attached hydrogen (secondary N) is 2. The zero-order valence-electron chi connectivity index (χ0n) is 16.4. The standard InChI is InChI=1S/C21H24F2N4O2/c1-14-12-27(13-19(29-14)15-6-8-16(22)9-7-15)21(24-2)25-11-20(28)26-18-5-3-4-17(23)10-18/h3-10,14,19H,11-13H2,1-2H3,(H,24,25)(H,26,28). The molecule has 1 aliphatic rings. The van der Waals surface area contributed by atoms with Crippen molar-refractivity contribution in [3.8, 4) is 0 Å². The number of anilines is 1. The van der Waals surface area contributed by atoms with Crippen molar-refractivity contribution in [2.45, 2.75) is 19.1 Å². The fraction of sp³-hybridized carbons (Fsp3) is 0.333. The van der Waals surface area contributed by atoms with Crippen molar-refractivity contribution in [2.24, 2.45) is 4.99 Å². The molecule has 1 fully saturated rings. The number of halogens is 2. The first-order valence-electron chi connectivity index (χ1n) is 9.36. The van der Waals surface area contributed by atoms with E-state index < -0.39 is 5.82 Å². The van der Waals surface area contributed by atoms with Crippen molar-refractivity contribution in [2.75, 3.05) is 32.0 Å². The van der Waals surface area contributed by atoms with Gasteiger partial charge in [0.15, 0.2) is 5.96 Å². The fourth-order valence-corrected chi connectivity index (χ4v) is 3.25. The van der Waals surface area contributed by atoms with Crippen molar-refractivity contribution in [1.82, 2.24) is 10.2 Å². The van der Waals surface area contributed by atoms with Crippen LogP contribution in [0.5, 0.6) is 0 Å². The molecule has 2 aromatic rings. The van der Waals surface area contributed by atoms with Gasteiger partial charge in [-0.15, -0.1) is 0 Å². The molecule has 154 valence electrons. The van der Waals surface area contributed by atoms with E-state index in [1.165, 1.54) is 30.3 Å². The first-order valence-corrected chi connectivity index (χ1v) is 9.36. The molecule has 2 aromatic carbocycles. The van der Waals surface area contributed by atoms with Gasteiger partial charge in [0.05, 0.1) is 19.2 Å². The highest BCUT2D eigenvalue weighted by Gasteiger charge is 2.28. The van der Waals surface area contributed by atoms with Crippen LogP contribution in [0.15, 0.2) is 53.5 Å². The number of nitrogens with zero attached hydrogens (tertiary/aromatic N) is 2. The van der Waals surface area contributed by atoms with Crippen LogP contribution in [0.3, 0.4) is 0 Å². The normalized spacial score (nSPS) is 19.7. The summed E-state index contributed by atoms with van der Waals surface area (Å²) in [5.41, 5.74) is 1.27. The number of hydrogen-bond acceptors (Lipinski definition) is 3. The minimum absolute atomic E-state index is 0.0177. The lowest BCUT2D eigenvalue weighted by atomic mass is 10.1. The lowest BCUT2D eigenvalue weighted by molar-refractivity contribution is -0.115. The van der Waals surface area contributed by atoms with E-state index in [9.17, 15) is 13.6 Å². The second-order valence-corrected chi connectivity index (χ2v) is 6.85. The Labute approximate surface area is 168 Å². The first-order chi connectivity index (χ1) is 13.9. The van der Waals surface area contributed by atoms with Crippen LogP contribution in [0.1, 0.15) is 18.6 Å². The lowest BCUT2D eigenvalue weighted by Crippen LogP contribution is -2.51. The van der Waals surface area contributed by atoms with Gasteiger partial charge in [0, 0.05) is 19.3 Å². The van der Waals surface area contributed by atoms with Crippen molar-refractivity contribution in [1.29, 1.82) is 0 Å². The van der Waals surface area contributed by atoms with Crippen LogP contribution in [-0.2, 0) is 9.53 Å². The summed E-state index contributed by atoms with van der Waals surface area (Å²) in [5, 5.41) is 5.67. The van der Waals surface area contributed by atoms with E-state index in [0.717, 1.165) is 5.56 Å². The highest BCUT2D eigenvalue weighted by atomic mass is 19.1. The Kier molecular flexibility index (Phi) is 6.77. The predicted molar refractivity (Wildman–Crippen MR) is 108 cm³/mol. The van der Waals surface area contributed by atoms with Gasteiger partial charge in [0.1, 0.15) is 17.7 Å². The topological polar surface area (TPSA) is 66.0 Å². The molecular formula is C21H24F2N4O2. The molecule has 0 saturated carbocycles. The largest absolute Gasteiger partial charge is 0.367 e. The van der Waals surface area contributed by atoms with Crippen molar-refractivity contribution in [3.05, 3.63) is 65.7 Å². The molecule has 2 atom stereocenters. The third-order valence-corrected chi connectivity index (χ3v) is 4.53. The van der Waals surface area contributed by atoms with E-state index in [1.807, 2.05) is 11.8 Å². The molecule has 0 radical (unpaired) electrons. The van der Waals surface area contributed by atoms with Crippen LogP contribution in [0.4, 0.5) is 14.5 Å². The molecule has 2 unspecified atom stereocenters. The molecule has 1 saturated heterocycles. The lowest BCUT2D eigenvalue weighted by Gasteiger charge is -2.38. The van der Waals surface area contributed by atoms with E-state index in [-0.39, 0.29) is 30.5 Å². The van der Waals surface area contributed by atoms with Crippen LogP contribution < -0.4 is 10.6 Å². The number of amides is 1. The Morgan fingerprint density at radius 1 is 1.17 bits per heavy atom. The summed E-state index contributed by atoms with van der Waals surface area (Å²) in [5.74, 6) is -0.466. The van der Waals surface area contributed by atoms with Crippen LogP contribution in [-0.4, -0.2) is 49.6 Å². The Morgan fingerprint density at radius 2 is 1.93 bits per heavy atom. The molecule has 0 bridgehead atoms. The Bertz CT molecular complexity index is 873. The van der Waals surface area contributed by atoms with E-state index in [1.54, 1.807) is 25.2 Å².